The Hall–Kier alpha value is -1.14. The fraction of sp³-hybridized carbons (Fsp3) is 0.250. The van der Waals surface area contributed by atoms with Crippen molar-refractivity contribution >= 4 is 39.0 Å². The van der Waals surface area contributed by atoms with Crippen molar-refractivity contribution in [3.8, 4) is 0 Å². The van der Waals surface area contributed by atoms with Crippen LogP contribution in [0.5, 0.6) is 0 Å². The second kappa shape index (κ2) is 7.42. The first-order chi connectivity index (χ1) is 10.4. The topological polar surface area (TPSA) is 46.2 Å². The van der Waals surface area contributed by atoms with Crippen LogP contribution in [0.4, 0.5) is 0 Å². The minimum absolute atomic E-state index is 0.164. The predicted octanol–water partition coefficient (Wildman–Crippen LogP) is 4.69. The molecule has 1 heterocycles. The predicted molar refractivity (Wildman–Crippen MR) is 94.4 cm³/mol. The summed E-state index contributed by atoms with van der Waals surface area (Å²) in [5.41, 5.74) is 0.784. The maximum Gasteiger partial charge on any atom is 0.234 e. The van der Waals surface area contributed by atoms with Crippen LogP contribution in [0.3, 0.4) is 0 Å². The summed E-state index contributed by atoms with van der Waals surface area (Å²) in [4.78, 5) is 1.01. The van der Waals surface area contributed by atoms with Crippen molar-refractivity contribution in [1.29, 1.82) is 0 Å². The summed E-state index contributed by atoms with van der Waals surface area (Å²) in [6.45, 7) is 3.99. The molecule has 0 aliphatic heterocycles. The SMILES string of the molecule is CC(C)C(NS(=O)(=O)/C=C/c1ccc(Cl)cc1)c1cccs1. The lowest BCUT2D eigenvalue weighted by molar-refractivity contribution is 0.472. The number of thiophene rings is 1. The van der Waals surface area contributed by atoms with E-state index in [9.17, 15) is 8.42 Å². The van der Waals surface area contributed by atoms with Gasteiger partial charge in [0.1, 0.15) is 0 Å². The summed E-state index contributed by atoms with van der Waals surface area (Å²) in [6.07, 6.45) is 1.56. The van der Waals surface area contributed by atoms with Crippen molar-refractivity contribution in [1.82, 2.24) is 4.72 Å². The molecule has 0 spiro atoms. The molecule has 3 nitrogen and oxygen atoms in total. The molecule has 2 rings (SSSR count). The van der Waals surface area contributed by atoms with Gasteiger partial charge in [0.05, 0.1) is 6.04 Å². The highest BCUT2D eigenvalue weighted by atomic mass is 35.5. The molecular formula is C16H18ClNO2S2. The molecule has 1 aromatic carbocycles. The third-order valence-electron chi connectivity index (χ3n) is 3.12. The number of hydrogen-bond acceptors (Lipinski definition) is 3. The zero-order valence-electron chi connectivity index (χ0n) is 12.4. The number of benzene rings is 1. The molecule has 1 aromatic heterocycles. The normalized spacial score (nSPS) is 13.8. The molecule has 22 heavy (non-hydrogen) atoms. The Kier molecular flexibility index (Phi) is 5.81. The van der Waals surface area contributed by atoms with Crippen LogP contribution in [-0.4, -0.2) is 8.42 Å². The monoisotopic (exact) mass is 355 g/mol. The minimum Gasteiger partial charge on any atom is -0.208 e. The van der Waals surface area contributed by atoms with E-state index in [4.69, 9.17) is 11.6 Å². The number of rotatable bonds is 6. The lowest BCUT2D eigenvalue weighted by Gasteiger charge is -2.20. The van der Waals surface area contributed by atoms with Gasteiger partial charge in [-0.2, -0.15) is 0 Å². The van der Waals surface area contributed by atoms with Crippen molar-refractivity contribution in [3.63, 3.8) is 0 Å². The zero-order valence-corrected chi connectivity index (χ0v) is 14.8. The summed E-state index contributed by atoms with van der Waals surface area (Å²) in [5.74, 6) is 0.164. The van der Waals surface area contributed by atoms with Gasteiger partial charge in [-0.05, 0) is 41.1 Å². The first-order valence-electron chi connectivity index (χ1n) is 6.87. The Morgan fingerprint density at radius 2 is 1.86 bits per heavy atom. The van der Waals surface area contributed by atoms with Crippen LogP contribution in [-0.2, 0) is 10.0 Å². The standard InChI is InChI=1S/C16H18ClNO2S2/c1-12(2)16(15-4-3-10-21-15)18-22(19,20)11-9-13-5-7-14(17)8-6-13/h3-12,16,18H,1-2H3/b11-9+. The average Bonchev–Trinajstić information content (AvgIpc) is 2.98. The molecule has 0 aliphatic carbocycles. The van der Waals surface area contributed by atoms with E-state index in [1.807, 2.05) is 31.4 Å². The Labute approximate surface area is 140 Å². The van der Waals surface area contributed by atoms with E-state index in [1.165, 1.54) is 5.41 Å². The van der Waals surface area contributed by atoms with Crippen LogP contribution in [0, 0.1) is 5.92 Å². The van der Waals surface area contributed by atoms with E-state index in [2.05, 4.69) is 4.72 Å². The molecule has 1 atom stereocenters. The third-order valence-corrected chi connectivity index (χ3v) is 5.40. The van der Waals surface area contributed by atoms with Crippen LogP contribution >= 0.6 is 22.9 Å². The molecule has 0 saturated carbocycles. The van der Waals surface area contributed by atoms with Crippen molar-refractivity contribution in [2.75, 3.05) is 0 Å². The van der Waals surface area contributed by atoms with Gasteiger partial charge in [-0.25, -0.2) is 13.1 Å². The Morgan fingerprint density at radius 1 is 1.18 bits per heavy atom. The summed E-state index contributed by atoms with van der Waals surface area (Å²) in [5, 5.41) is 3.76. The first-order valence-corrected chi connectivity index (χ1v) is 9.67. The zero-order chi connectivity index (χ0) is 16.2. The highest BCUT2D eigenvalue weighted by Crippen LogP contribution is 2.26. The number of nitrogens with one attached hydrogen (secondary N) is 1. The van der Waals surface area contributed by atoms with Gasteiger partial charge in [-0.15, -0.1) is 11.3 Å². The van der Waals surface area contributed by atoms with Gasteiger partial charge in [0.15, 0.2) is 0 Å². The van der Waals surface area contributed by atoms with Crippen molar-refractivity contribution in [2.24, 2.45) is 5.92 Å². The Balaban J connectivity index is 2.14. The van der Waals surface area contributed by atoms with Crippen LogP contribution in [0.1, 0.15) is 30.3 Å². The van der Waals surface area contributed by atoms with E-state index in [1.54, 1.807) is 41.7 Å². The summed E-state index contributed by atoms with van der Waals surface area (Å²) in [6, 6.07) is 10.6. The summed E-state index contributed by atoms with van der Waals surface area (Å²) < 4.78 is 27.3. The summed E-state index contributed by atoms with van der Waals surface area (Å²) >= 11 is 7.36. The smallest absolute Gasteiger partial charge is 0.208 e. The second-order valence-electron chi connectivity index (χ2n) is 5.25. The minimum atomic E-state index is -3.52. The molecule has 118 valence electrons. The van der Waals surface area contributed by atoms with Crippen molar-refractivity contribution in [2.45, 2.75) is 19.9 Å². The highest BCUT2D eigenvalue weighted by molar-refractivity contribution is 7.92. The average molecular weight is 356 g/mol. The molecule has 1 unspecified atom stereocenters. The quantitative estimate of drug-likeness (QED) is 0.817. The lowest BCUT2D eigenvalue weighted by Crippen LogP contribution is -2.29. The molecular weight excluding hydrogens is 338 g/mol. The fourth-order valence-electron chi connectivity index (χ4n) is 1.95. The van der Waals surface area contributed by atoms with E-state index in [0.717, 1.165) is 10.4 Å². The van der Waals surface area contributed by atoms with E-state index < -0.39 is 10.0 Å². The van der Waals surface area contributed by atoms with E-state index >= 15 is 0 Å². The van der Waals surface area contributed by atoms with Gasteiger partial charge in [-0.1, -0.05) is 43.6 Å². The maximum atomic E-state index is 12.3. The molecule has 0 radical (unpaired) electrons. The van der Waals surface area contributed by atoms with Gasteiger partial charge >= 0.3 is 0 Å². The van der Waals surface area contributed by atoms with Crippen LogP contribution in [0.2, 0.25) is 5.02 Å². The molecule has 0 fully saturated rings. The molecule has 6 heteroatoms. The molecule has 2 aromatic rings. The molecule has 1 N–H and O–H groups in total. The first kappa shape index (κ1) is 17.2. The van der Waals surface area contributed by atoms with Crippen molar-refractivity contribution < 1.29 is 8.42 Å². The number of hydrogen-bond donors (Lipinski definition) is 1. The fourth-order valence-corrected chi connectivity index (χ4v) is 4.27. The molecule has 0 bridgehead atoms. The van der Waals surface area contributed by atoms with Crippen LogP contribution in [0.25, 0.3) is 6.08 Å². The van der Waals surface area contributed by atoms with Crippen LogP contribution < -0.4 is 4.72 Å². The Morgan fingerprint density at radius 3 is 2.41 bits per heavy atom. The molecule has 0 aliphatic rings. The third kappa shape index (κ3) is 4.95. The largest absolute Gasteiger partial charge is 0.234 e. The van der Waals surface area contributed by atoms with Gasteiger partial charge in [0.25, 0.3) is 0 Å². The van der Waals surface area contributed by atoms with E-state index in [0.29, 0.717) is 5.02 Å². The summed E-state index contributed by atoms with van der Waals surface area (Å²) in [7, 11) is -3.52. The van der Waals surface area contributed by atoms with E-state index in [-0.39, 0.29) is 12.0 Å². The maximum absolute atomic E-state index is 12.3. The van der Waals surface area contributed by atoms with Crippen LogP contribution in [0.15, 0.2) is 47.2 Å². The lowest BCUT2D eigenvalue weighted by atomic mass is 10.0. The molecule has 0 amide bonds. The van der Waals surface area contributed by atoms with Gasteiger partial charge in [0.2, 0.25) is 10.0 Å². The molecule has 0 saturated heterocycles. The number of sulfonamides is 1. The van der Waals surface area contributed by atoms with Gasteiger partial charge in [0, 0.05) is 15.3 Å². The number of halogens is 1. The van der Waals surface area contributed by atoms with Crippen molar-refractivity contribution in [3.05, 3.63) is 62.6 Å². The van der Waals surface area contributed by atoms with Gasteiger partial charge < -0.3 is 0 Å². The Bertz CT molecular complexity index is 720. The van der Waals surface area contributed by atoms with Gasteiger partial charge in [-0.3, -0.25) is 0 Å². The highest BCUT2D eigenvalue weighted by Gasteiger charge is 2.21. The second-order valence-corrected chi connectivity index (χ2v) is 8.27.